The SMILES string of the molecule is CCCCC(Br)C(=O)Nc1nc2c(Cl)cc(F)cc2s1. The number of halogens is 3. The molecule has 0 bridgehead atoms. The van der Waals surface area contributed by atoms with E-state index < -0.39 is 5.82 Å². The quantitative estimate of drug-likeness (QED) is 0.744. The van der Waals surface area contributed by atoms with Gasteiger partial charge in [0, 0.05) is 0 Å². The first kappa shape index (κ1) is 15.7. The Hall–Kier alpha value is -0.720. The van der Waals surface area contributed by atoms with Crippen LogP contribution in [0, 0.1) is 5.82 Å². The second kappa shape index (κ2) is 6.83. The molecule has 1 atom stereocenters. The van der Waals surface area contributed by atoms with Crippen LogP contribution in [-0.2, 0) is 4.79 Å². The Morgan fingerprint density at radius 1 is 1.60 bits per heavy atom. The number of benzene rings is 1. The van der Waals surface area contributed by atoms with Crippen molar-refractivity contribution in [1.82, 2.24) is 4.98 Å². The number of rotatable bonds is 5. The zero-order valence-electron chi connectivity index (χ0n) is 10.8. The molecular weight excluding hydrogens is 367 g/mol. The smallest absolute Gasteiger partial charge is 0.239 e. The lowest BCUT2D eigenvalue weighted by atomic mass is 10.2. The largest absolute Gasteiger partial charge is 0.301 e. The van der Waals surface area contributed by atoms with Crippen molar-refractivity contribution in [2.24, 2.45) is 0 Å². The van der Waals surface area contributed by atoms with Crippen LogP contribution in [-0.4, -0.2) is 15.7 Å². The van der Waals surface area contributed by atoms with Crippen LogP contribution in [0.25, 0.3) is 10.2 Å². The number of carbonyl (C=O) groups is 1. The zero-order valence-corrected chi connectivity index (χ0v) is 13.9. The summed E-state index contributed by atoms with van der Waals surface area (Å²) in [5.41, 5.74) is 0.507. The number of nitrogens with zero attached hydrogens (tertiary/aromatic N) is 1. The predicted molar refractivity (Wildman–Crippen MR) is 85.5 cm³/mol. The number of hydrogen-bond acceptors (Lipinski definition) is 3. The van der Waals surface area contributed by atoms with Crippen molar-refractivity contribution in [2.45, 2.75) is 31.0 Å². The molecule has 0 saturated heterocycles. The molecule has 3 nitrogen and oxygen atoms in total. The van der Waals surface area contributed by atoms with Gasteiger partial charge in [0.15, 0.2) is 5.13 Å². The van der Waals surface area contributed by atoms with Crippen LogP contribution in [0.2, 0.25) is 5.02 Å². The van der Waals surface area contributed by atoms with Gasteiger partial charge in [0.1, 0.15) is 11.3 Å². The minimum atomic E-state index is -0.412. The normalized spacial score (nSPS) is 12.6. The first-order chi connectivity index (χ1) is 9.51. The Labute approximate surface area is 133 Å². The van der Waals surface area contributed by atoms with E-state index in [-0.39, 0.29) is 15.8 Å². The average Bonchev–Trinajstić information content (AvgIpc) is 2.78. The van der Waals surface area contributed by atoms with Gasteiger partial charge in [-0.25, -0.2) is 9.37 Å². The molecule has 1 heterocycles. The molecule has 108 valence electrons. The molecule has 2 rings (SSSR count). The standard InChI is InChI=1S/C13H13BrClFN2OS/c1-2-3-4-8(14)12(19)18-13-17-11-9(15)5-7(16)6-10(11)20-13/h5-6,8H,2-4H2,1H3,(H,17,18,19). The summed E-state index contributed by atoms with van der Waals surface area (Å²) in [6.07, 6.45) is 2.77. The molecule has 0 radical (unpaired) electrons. The summed E-state index contributed by atoms with van der Waals surface area (Å²) in [5, 5.41) is 3.40. The van der Waals surface area contributed by atoms with Gasteiger partial charge in [0.05, 0.1) is 14.5 Å². The first-order valence-corrected chi connectivity index (χ1v) is 8.32. The van der Waals surface area contributed by atoms with Gasteiger partial charge in [-0.15, -0.1) is 0 Å². The number of hydrogen-bond donors (Lipinski definition) is 1. The van der Waals surface area contributed by atoms with Gasteiger partial charge in [-0.2, -0.15) is 0 Å². The fourth-order valence-corrected chi connectivity index (χ4v) is 3.37. The van der Waals surface area contributed by atoms with Crippen LogP contribution in [0.3, 0.4) is 0 Å². The van der Waals surface area contributed by atoms with E-state index in [0.717, 1.165) is 19.3 Å². The number of unbranched alkanes of at least 4 members (excludes halogenated alkanes) is 1. The van der Waals surface area contributed by atoms with Crippen molar-refractivity contribution in [3.05, 3.63) is 23.0 Å². The summed E-state index contributed by atoms with van der Waals surface area (Å²) >= 11 is 10.5. The highest BCUT2D eigenvalue weighted by atomic mass is 79.9. The van der Waals surface area contributed by atoms with E-state index in [1.165, 1.54) is 23.5 Å². The molecule has 0 fully saturated rings. The molecule has 1 amide bonds. The van der Waals surface area contributed by atoms with Crippen LogP contribution < -0.4 is 5.32 Å². The number of nitrogens with one attached hydrogen (secondary N) is 1. The lowest BCUT2D eigenvalue weighted by Gasteiger charge is -2.07. The maximum Gasteiger partial charge on any atom is 0.239 e. The first-order valence-electron chi connectivity index (χ1n) is 6.21. The Bertz CT molecular complexity index is 634. The van der Waals surface area contributed by atoms with Gasteiger partial charge in [0.2, 0.25) is 5.91 Å². The van der Waals surface area contributed by atoms with Crippen LogP contribution in [0.4, 0.5) is 9.52 Å². The summed E-state index contributed by atoms with van der Waals surface area (Å²) in [6, 6.07) is 2.57. The van der Waals surface area contributed by atoms with E-state index in [1.807, 2.05) is 0 Å². The summed E-state index contributed by atoms with van der Waals surface area (Å²) in [7, 11) is 0. The maximum absolute atomic E-state index is 13.2. The molecule has 2 aromatic rings. The Morgan fingerprint density at radius 3 is 3.05 bits per heavy atom. The highest BCUT2D eigenvalue weighted by Crippen LogP contribution is 2.32. The molecule has 1 aromatic carbocycles. The van der Waals surface area contributed by atoms with Crippen LogP contribution in [0.5, 0.6) is 0 Å². The van der Waals surface area contributed by atoms with Crippen molar-refractivity contribution in [2.75, 3.05) is 5.32 Å². The molecule has 0 spiro atoms. The van der Waals surface area contributed by atoms with Gasteiger partial charge in [-0.1, -0.05) is 58.6 Å². The Morgan fingerprint density at radius 2 is 2.35 bits per heavy atom. The van der Waals surface area contributed by atoms with Gasteiger partial charge in [0.25, 0.3) is 0 Å². The second-order valence-corrected chi connectivity index (χ2v) is 6.90. The van der Waals surface area contributed by atoms with Crippen molar-refractivity contribution in [3.63, 3.8) is 0 Å². The number of thiazole rings is 1. The van der Waals surface area contributed by atoms with Gasteiger partial charge in [-0.05, 0) is 18.6 Å². The second-order valence-electron chi connectivity index (χ2n) is 4.35. The number of fused-ring (bicyclic) bond motifs is 1. The summed E-state index contributed by atoms with van der Waals surface area (Å²) in [6.45, 7) is 2.07. The number of carbonyl (C=O) groups excluding carboxylic acids is 1. The summed E-state index contributed by atoms with van der Waals surface area (Å²) < 4.78 is 13.9. The number of alkyl halides is 1. The molecular formula is C13H13BrClFN2OS. The van der Waals surface area contributed by atoms with E-state index in [0.29, 0.717) is 15.3 Å². The van der Waals surface area contributed by atoms with E-state index in [2.05, 4.69) is 33.2 Å². The topological polar surface area (TPSA) is 42.0 Å². The van der Waals surface area contributed by atoms with Crippen molar-refractivity contribution < 1.29 is 9.18 Å². The van der Waals surface area contributed by atoms with E-state index in [9.17, 15) is 9.18 Å². The molecule has 1 aromatic heterocycles. The van der Waals surface area contributed by atoms with Crippen LogP contribution in [0.1, 0.15) is 26.2 Å². The molecule has 1 unspecified atom stereocenters. The molecule has 20 heavy (non-hydrogen) atoms. The predicted octanol–water partition coefficient (Wildman–Crippen LogP) is 4.98. The number of amides is 1. The monoisotopic (exact) mass is 378 g/mol. The van der Waals surface area contributed by atoms with E-state index in [1.54, 1.807) is 0 Å². The molecule has 0 aliphatic rings. The fraction of sp³-hybridized carbons (Fsp3) is 0.385. The Balaban J connectivity index is 2.14. The zero-order chi connectivity index (χ0) is 14.7. The van der Waals surface area contributed by atoms with E-state index >= 15 is 0 Å². The minimum Gasteiger partial charge on any atom is -0.301 e. The fourth-order valence-electron chi connectivity index (χ4n) is 1.71. The molecule has 0 aliphatic carbocycles. The van der Waals surface area contributed by atoms with Gasteiger partial charge < -0.3 is 5.32 Å². The number of anilines is 1. The maximum atomic E-state index is 13.2. The van der Waals surface area contributed by atoms with Gasteiger partial charge >= 0.3 is 0 Å². The van der Waals surface area contributed by atoms with Crippen molar-refractivity contribution in [3.8, 4) is 0 Å². The summed E-state index contributed by atoms with van der Waals surface area (Å²) in [4.78, 5) is 15.9. The lowest BCUT2D eigenvalue weighted by Crippen LogP contribution is -2.22. The molecule has 7 heteroatoms. The lowest BCUT2D eigenvalue weighted by molar-refractivity contribution is -0.115. The highest BCUT2D eigenvalue weighted by molar-refractivity contribution is 9.10. The average molecular weight is 380 g/mol. The van der Waals surface area contributed by atoms with Gasteiger partial charge in [-0.3, -0.25) is 4.79 Å². The molecule has 0 aliphatic heterocycles. The third kappa shape index (κ3) is 3.68. The summed E-state index contributed by atoms with van der Waals surface area (Å²) in [5.74, 6) is -0.556. The van der Waals surface area contributed by atoms with Crippen molar-refractivity contribution in [1.29, 1.82) is 0 Å². The van der Waals surface area contributed by atoms with Crippen LogP contribution in [0.15, 0.2) is 12.1 Å². The third-order valence-corrected chi connectivity index (χ3v) is 4.82. The third-order valence-electron chi connectivity index (χ3n) is 2.74. The Kier molecular flexibility index (Phi) is 5.35. The molecule has 1 N–H and O–H groups in total. The van der Waals surface area contributed by atoms with Crippen molar-refractivity contribution >= 4 is 60.1 Å². The molecule has 0 saturated carbocycles. The highest BCUT2D eigenvalue weighted by Gasteiger charge is 2.17. The minimum absolute atomic E-state index is 0.144. The van der Waals surface area contributed by atoms with Crippen LogP contribution >= 0.6 is 38.9 Å². The number of aromatic nitrogens is 1. The van der Waals surface area contributed by atoms with E-state index in [4.69, 9.17) is 11.6 Å².